The van der Waals surface area contributed by atoms with Crippen LogP contribution in [0.3, 0.4) is 0 Å². The molecule has 0 N–H and O–H groups in total. The Bertz CT molecular complexity index is 867. The average molecular weight is 362 g/mol. The third kappa shape index (κ3) is 4.59. The van der Waals surface area contributed by atoms with E-state index in [1.165, 1.54) is 5.56 Å². The Morgan fingerprint density at radius 2 is 1.70 bits per heavy atom. The largest absolute Gasteiger partial charge is 0.497 e. The molecule has 0 saturated heterocycles. The lowest BCUT2D eigenvalue weighted by molar-refractivity contribution is 0.0686. The van der Waals surface area contributed by atoms with Gasteiger partial charge in [-0.2, -0.15) is 0 Å². The maximum absolute atomic E-state index is 13.1. The number of aromatic nitrogens is 1. The molecule has 0 aliphatic rings. The summed E-state index contributed by atoms with van der Waals surface area (Å²) in [6.45, 7) is 5.46. The lowest BCUT2D eigenvalue weighted by atomic mass is 10.1. The van der Waals surface area contributed by atoms with Gasteiger partial charge in [0.05, 0.1) is 13.7 Å². The fourth-order valence-corrected chi connectivity index (χ4v) is 3.09. The molecule has 0 spiro atoms. The molecular formula is C23H26N2O2. The van der Waals surface area contributed by atoms with Crippen LogP contribution in [0, 0.1) is 0 Å². The summed E-state index contributed by atoms with van der Waals surface area (Å²) in [6, 6.07) is 21.9. The summed E-state index contributed by atoms with van der Waals surface area (Å²) in [5.41, 5.74) is 3.03. The normalized spacial score (nSPS) is 10.8. The van der Waals surface area contributed by atoms with Crippen molar-refractivity contribution in [3.63, 3.8) is 0 Å². The molecule has 0 unspecified atom stereocenters. The first-order valence-electron chi connectivity index (χ1n) is 9.21. The molecule has 1 heterocycles. The molecule has 0 bridgehead atoms. The second-order valence-corrected chi connectivity index (χ2v) is 6.87. The number of carbonyl (C=O) groups excluding carboxylic acids is 1. The lowest BCUT2D eigenvalue weighted by Gasteiger charge is -2.27. The number of hydrogen-bond acceptors (Lipinski definition) is 2. The molecule has 0 atom stereocenters. The van der Waals surface area contributed by atoms with Crippen molar-refractivity contribution in [2.24, 2.45) is 0 Å². The minimum atomic E-state index is 0.0279. The fourth-order valence-electron chi connectivity index (χ4n) is 3.09. The van der Waals surface area contributed by atoms with Gasteiger partial charge in [-0.05, 0) is 55.8 Å². The van der Waals surface area contributed by atoms with Crippen LogP contribution in [-0.2, 0) is 13.1 Å². The number of carbonyl (C=O) groups is 1. The van der Waals surface area contributed by atoms with Crippen LogP contribution in [0.2, 0.25) is 0 Å². The fraction of sp³-hybridized carbons (Fsp3) is 0.261. The zero-order valence-electron chi connectivity index (χ0n) is 16.1. The van der Waals surface area contributed by atoms with Crippen LogP contribution in [0.15, 0.2) is 72.9 Å². The van der Waals surface area contributed by atoms with E-state index in [-0.39, 0.29) is 11.9 Å². The Balaban J connectivity index is 1.79. The van der Waals surface area contributed by atoms with Crippen LogP contribution < -0.4 is 4.74 Å². The van der Waals surface area contributed by atoms with Crippen LogP contribution in [0.1, 0.15) is 35.5 Å². The summed E-state index contributed by atoms with van der Waals surface area (Å²) in [7, 11) is 1.62. The van der Waals surface area contributed by atoms with E-state index in [0.29, 0.717) is 12.1 Å². The molecule has 2 aromatic carbocycles. The Kier molecular flexibility index (Phi) is 5.97. The maximum atomic E-state index is 13.1. The number of methoxy groups -OCH3 is 1. The summed E-state index contributed by atoms with van der Waals surface area (Å²) >= 11 is 0. The Morgan fingerprint density at radius 1 is 1.00 bits per heavy atom. The van der Waals surface area contributed by atoms with E-state index in [0.717, 1.165) is 18.0 Å². The van der Waals surface area contributed by atoms with E-state index in [1.807, 2.05) is 67.3 Å². The van der Waals surface area contributed by atoms with E-state index >= 15 is 0 Å². The van der Waals surface area contributed by atoms with Gasteiger partial charge in [0.25, 0.3) is 5.91 Å². The molecule has 4 nitrogen and oxygen atoms in total. The molecule has 27 heavy (non-hydrogen) atoms. The van der Waals surface area contributed by atoms with E-state index in [9.17, 15) is 4.79 Å². The van der Waals surface area contributed by atoms with E-state index in [2.05, 4.69) is 29.0 Å². The second-order valence-electron chi connectivity index (χ2n) is 6.87. The van der Waals surface area contributed by atoms with Crippen LogP contribution in [0.25, 0.3) is 0 Å². The minimum Gasteiger partial charge on any atom is -0.497 e. The minimum absolute atomic E-state index is 0.0279. The number of hydrogen-bond donors (Lipinski definition) is 0. The first kappa shape index (κ1) is 18.8. The predicted molar refractivity (Wildman–Crippen MR) is 108 cm³/mol. The van der Waals surface area contributed by atoms with Gasteiger partial charge in [0.2, 0.25) is 0 Å². The van der Waals surface area contributed by atoms with Crippen LogP contribution in [-0.4, -0.2) is 28.5 Å². The Morgan fingerprint density at radius 3 is 2.33 bits per heavy atom. The van der Waals surface area contributed by atoms with E-state index in [1.54, 1.807) is 7.11 Å². The molecule has 4 heteroatoms. The number of rotatable bonds is 7. The number of benzene rings is 2. The first-order chi connectivity index (χ1) is 13.1. The molecule has 3 aromatic rings. The van der Waals surface area contributed by atoms with Gasteiger partial charge in [0, 0.05) is 30.0 Å². The van der Waals surface area contributed by atoms with Crippen molar-refractivity contribution in [1.82, 2.24) is 9.47 Å². The monoisotopic (exact) mass is 362 g/mol. The number of amides is 1. The number of nitrogens with zero attached hydrogens (tertiary/aromatic N) is 2. The standard InChI is InChI=1S/C23H26N2O2/c1-18(2)25(23(26)20-11-13-22(27-3)14-12-20)17-21-10-7-15-24(21)16-19-8-5-4-6-9-19/h4-15,18H,16-17H2,1-3H3. The van der Waals surface area contributed by atoms with Gasteiger partial charge >= 0.3 is 0 Å². The van der Waals surface area contributed by atoms with Crippen molar-refractivity contribution in [1.29, 1.82) is 0 Å². The molecule has 0 aliphatic carbocycles. The molecule has 1 aromatic heterocycles. The van der Waals surface area contributed by atoms with Crippen molar-refractivity contribution in [2.75, 3.05) is 7.11 Å². The smallest absolute Gasteiger partial charge is 0.254 e. The third-order valence-electron chi connectivity index (χ3n) is 4.67. The molecule has 3 rings (SSSR count). The highest BCUT2D eigenvalue weighted by Crippen LogP contribution is 2.18. The Hall–Kier alpha value is -3.01. The predicted octanol–water partition coefficient (Wildman–Crippen LogP) is 4.60. The van der Waals surface area contributed by atoms with Crippen LogP contribution in [0.4, 0.5) is 0 Å². The molecule has 1 amide bonds. The van der Waals surface area contributed by atoms with Gasteiger partial charge in [0.15, 0.2) is 0 Å². The summed E-state index contributed by atoms with van der Waals surface area (Å²) in [4.78, 5) is 15.0. The topological polar surface area (TPSA) is 34.5 Å². The average Bonchev–Trinajstić information content (AvgIpc) is 3.13. The third-order valence-corrected chi connectivity index (χ3v) is 4.67. The number of ether oxygens (including phenoxy) is 1. The van der Waals surface area contributed by atoms with Crippen molar-refractivity contribution < 1.29 is 9.53 Å². The molecular weight excluding hydrogens is 336 g/mol. The zero-order valence-corrected chi connectivity index (χ0v) is 16.1. The van der Waals surface area contributed by atoms with Crippen LogP contribution >= 0.6 is 0 Å². The van der Waals surface area contributed by atoms with Crippen molar-refractivity contribution >= 4 is 5.91 Å². The molecule has 0 saturated carbocycles. The summed E-state index contributed by atoms with van der Waals surface area (Å²) in [5.74, 6) is 0.777. The van der Waals surface area contributed by atoms with Crippen LogP contribution in [0.5, 0.6) is 5.75 Å². The van der Waals surface area contributed by atoms with E-state index < -0.39 is 0 Å². The maximum Gasteiger partial charge on any atom is 0.254 e. The zero-order chi connectivity index (χ0) is 19.2. The molecule has 0 radical (unpaired) electrons. The molecule has 140 valence electrons. The van der Waals surface area contributed by atoms with Crippen molar-refractivity contribution in [3.05, 3.63) is 89.7 Å². The quantitative estimate of drug-likeness (QED) is 0.616. The Labute approximate surface area is 161 Å². The van der Waals surface area contributed by atoms with Crippen molar-refractivity contribution in [2.45, 2.75) is 33.0 Å². The van der Waals surface area contributed by atoms with Gasteiger partial charge in [-0.1, -0.05) is 30.3 Å². The summed E-state index contributed by atoms with van der Waals surface area (Å²) in [6.07, 6.45) is 2.07. The highest BCUT2D eigenvalue weighted by atomic mass is 16.5. The second kappa shape index (κ2) is 8.58. The summed E-state index contributed by atoms with van der Waals surface area (Å²) in [5, 5.41) is 0. The molecule has 0 fully saturated rings. The van der Waals surface area contributed by atoms with E-state index in [4.69, 9.17) is 4.74 Å². The van der Waals surface area contributed by atoms with Gasteiger partial charge in [-0.25, -0.2) is 0 Å². The molecule has 0 aliphatic heterocycles. The van der Waals surface area contributed by atoms with Gasteiger partial charge in [-0.3, -0.25) is 4.79 Å². The van der Waals surface area contributed by atoms with Gasteiger partial charge < -0.3 is 14.2 Å². The summed E-state index contributed by atoms with van der Waals surface area (Å²) < 4.78 is 7.39. The van der Waals surface area contributed by atoms with Crippen molar-refractivity contribution in [3.8, 4) is 5.75 Å². The first-order valence-corrected chi connectivity index (χ1v) is 9.21. The SMILES string of the molecule is COc1ccc(C(=O)N(Cc2cccn2Cc2ccccc2)C(C)C)cc1. The highest BCUT2D eigenvalue weighted by molar-refractivity contribution is 5.94. The van der Waals surface area contributed by atoms with Gasteiger partial charge in [-0.15, -0.1) is 0 Å². The van der Waals surface area contributed by atoms with Gasteiger partial charge in [0.1, 0.15) is 5.75 Å². The lowest BCUT2D eigenvalue weighted by Crippen LogP contribution is -2.37. The highest BCUT2D eigenvalue weighted by Gasteiger charge is 2.20.